The van der Waals surface area contributed by atoms with Crippen LogP contribution < -0.4 is 10.5 Å². The lowest BCUT2D eigenvalue weighted by Crippen LogP contribution is -2.22. The quantitative estimate of drug-likeness (QED) is 0.739. The molecule has 18 heavy (non-hydrogen) atoms. The zero-order valence-electron chi connectivity index (χ0n) is 10.1. The van der Waals surface area contributed by atoms with E-state index in [9.17, 15) is 8.42 Å². The summed E-state index contributed by atoms with van der Waals surface area (Å²) in [5.41, 5.74) is 6.67. The van der Waals surface area contributed by atoms with Gasteiger partial charge < -0.3 is 10.5 Å². The Morgan fingerprint density at radius 3 is 2.78 bits per heavy atom. The molecule has 3 N–H and O–H groups in total. The molecule has 7 heteroatoms. The van der Waals surface area contributed by atoms with Crippen LogP contribution in [0.25, 0.3) is 0 Å². The second-order valence-corrected chi connectivity index (χ2v) is 6.43. The average molecular weight is 337 g/mol. The first-order chi connectivity index (χ1) is 8.46. The molecular weight excluding hydrogens is 320 g/mol. The molecule has 1 aromatic rings. The Morgan fingerprint density at radius 1 is 1.39 bits per heavy atom. The van der Waals surface area contributed by atoms with Crippen molar-refractivity contribution in [3.05, 3.63) is 28.2 Å². The Hall–Kier alpha value is -0.630. The molecule has 0 aliphatic heterocycles. The molecule has 0 heterocycles. The van der Waals surface area contributed by atoms with E-state index in [1.54, 1.807) is 12.1 Å². The molecule has 0 amide bonds. The Morgan fingerprint density at radius 2 is 2.11 bits per heavy atom. The Labute approximate surface area is 116 Å². The maximum atomic E-state index is 11.8. The zero-order valence-corrected chi connectivity index (χ0v) is 12.6. The molecule has 0 fully saturated rings. The summed E-state index contributed by atoms with van der Waals surface area (Å²) >= 11 is 3.35. The lowest BCUT2D eigenvalue weighted by Gasteiger charge is -2.11. The monoisotopic (exact) mass is 336 g/mol. The number of hydrogen-bond acceptors (Lipinski definition) is 4. The van der Waals surface area contributed by atoms with E-state index in [2.05, 4.69) is 20.7 Å². The molecule has 0 spiro atoms. The Kier molecular flexibility index (Phi) is 6.07. The van der Waals surface area contributed by atoms with Gasteiger partial charge in [-0.05, 0) is 24.6 Å². The SMILES string of the molecule is Cc1c(Br)cccc1NS(=O)(=O)CCOCCN. The fourth-order valence-corrected chi connectivity index (χ4v) is 2.65. The van der Waals surface area contributed by atoms with Gasteiger partial charge in [-0.2, -0.15) is 0 Å². The first-order valence-electron chi connectivity index (χ1n) is 5.49. The van der Waals surface area contributed by atoms with Crippen molar-refractivity contribution in [1.82, 2.24) is 0 Å². The number of nitrogens with two attached hydrogens (primary N) is 1. The van der Waals surface area contributed by atoms with Crippen molar-refractivity contribution in [3.8, 4) is 0 Å². The molecule has 0 saturated heterocycles. The van der Waals surface area contributed by atoms with E-state index in [0.29, 0.717) is 18.8 Å². The summed E-state index contributed by atoms with van der Waals surface area (Å²) < 4.78 is 32.0. The number of hydrogen-bond donors (Lipinski definition) is 2. The predicted molar refractivity (Wildman–Crippen MR) is 76.2 cm³/mol. The maximum Gasteiger partial charge on any atom is 0.235 e. The summed E-state index contributed by atoms with van der Waals surface area (Å²) in [6, 6.07) is 5.36. The largest absolute Gasteiger partial charge is 0.379 e. The number of rotatable bonds is 7. The van der Waals surface area contributed by atoms with Crippen molar-refractivity contribution in [3.63, 3.8) is 0 Å². The lowest BCUT2D eigenvalue weighted by atomic mass is 10.2. The fourth-order valence-electron chi connectivity index (χ4n) is 1.29. The van der Waals surface area contributed by atoms with Crippen LogP contribution in [0.3, 0.4) is 0 Å². The van der Waals surface area contributed by atoms with Gasteiger partial charge in [-0.1, -0.05) is 22.0 Å². The number of benzene rings is 1. The highest BCUT2D eigenvalue weighted by Crippen LogP contribution is 2.24. The molecule has 0 aromatic heterocycles. The van der Waals surface area contributed by atoms with Crippen molar-refractivity contribution >= 4 is 31.6 Å². The topological polar surface area (TPSA) is 81.4 Å². The highest BCUT2D eigenvalue weighted by Gasteiger charge is 2.12. The maximum absolute atomic E-state index is 11.8. The Bertz CT molecular complexity index is 491. The molecule has 0 aliphatic carbocycles. The van der Waals surface area contributed by atoms with E-state index in [-0.39, 0.29) is 12.4 Å². The van der Waals surface area contributed by atoms with Crippen LogP contribution >= 0.6 is 15.9 Å². The van der Waals surface area contributed by atoms with Gasteiger partial charge >= 0.3 is 0 Å². The molecule has 0 bridgehead atoms. The molecular formula is C11H17BrN2O3S. The predicted octanol–water partition coefficient (Wildman–Crippen LogP) is 1.47. The molecule has 1 rings (SSSR count). The third kappa shape index (κ3) is 4.93. The van der Waals surface area contributed by atoms with E-state index in [0.717, 1.165) is 10.0 Å². The highest BCUT2D eigenvalue weighted by atomic mass is 79.9. The molecule has 0 radical (unpaired) electrons. The zero-order chi connectivity index (χ0) is 13.6. The molecule has 0 atom stereocenters. The smallest absolute Gasteiger partial charge is 0.235 e. The van der Waals surface area contributed by atoms with Crippen LogP contribution in [-0.2, 0) is 14.8 Å². The number of nitrogens with one attached hydrogen (secondary N) is 1. The van der Waals surface area contributed by atoms with Crippen molar-refractivity contribution in [1.29, 1.82) is 0 Å². The van der Waals surface area contributed by atoms with Crippen LogP contribution in [0.1, 0.15) is 5.56 Å². The summed E-state index contributed by atoms with van der Waals surface area (Å²) in [6.45, 7) is 2.73. The second-order valence-electron chi connectivity index (χ2n) is 3.73. The summed E-state index contributed by atoms with van der Waals surface area (Å²) in [6.07, 6.45) is 0. The van der Waals surface area contributed by atoms with E-state index in [1.807, 2.05) is 13.0 Å². The second kappa shape index (κ2) is 7.08. The van der Waals surface area contributed by atoms with Crippen LogP contribution in [0.5, 0.6) is 0 Å². The van der Waals surface area contributed by atoms with E-state index in [4.69, 9.17) is 10.5 Å². The Balaban J connectivity index is 2.62. The van der Waals surface area contributed by atoms with Gasteiger partial charge in [0.1, 0.15) is 0 Å². The van der Waals surface area contributed by atoms with Gasteiger partial charge in [0.05, 0.1) is 24.7 Å². The lowest BCUT2D eigenvalue weighted by molar-refractivity contribution is 0.157. The first-order valence-corrected chi connectivity index (χ1v) is 7.94. The van der Waals surface area contributed by atoms with Crippen molar-refractivity contribution in [2.75, 3.05) is 30.2 Å². The fraction of sp³-hybridized carbons (Fsp3) is 0.455. The van der Waals surface area contributed by atoms with Gasteiger partial charge in [0.15, 0.2) is 0 Å². The third-order valence-electron chi connectivity index (χ3n) is 2.29. The van der Waals surface area contributed by atoms with E-state index >= 15 is 0 Å². The first kappa shape index (κ1) is 15.4. The third-order valence-corrected chi connectivity index (χ3v) is 4.39. The summed E-state index contributed by atoms with van der Waals surface area (Å²) in [7, 11) is -3.39. The van der Waals surface area contributed by atoms with Crippen LogP contribution in [0.2, 0.25) is 0 Å². The number of ether oxygens (including phenoxy) is 1. The average Bonchev–Trinajstić information content (AvgIpc) is 2.31. The summed E-state index contributed by atoms with van der Waals surface area (Å²) in [5, 5.41) is 0. The molecule has 1 aromatic carbocycles. The summed E-state index contributed by atoms with van der Waals surface area (Å²) in [5.74, 6) is -0.0844. The van der Waals surface area contributed by atoms with Gasteiger partial charge in [-0.15, -0.1) is 0 Å². The minimum absolute atomic E-state index is 0.0844. The van der Waals surface area contributed by atoms with Crippen LogP contribution in [-0.4, -0.2) is 33.9 Å². The standard InChI is InChI=1S/C11H17BrN2O3S/c1-9-10(12)3-2-4-11(9)14-18(15,16)8-7-17-6-5-13/h2-4,14H,5-8,13H2,1H3. The van der Waals surface area contributed by atoms with Gasteiger partial charge in [-0.25, -0.2) is 8.42 Å². The molecule has 0 aliphatic rings. The van der Waals surface area contributed by atoms with E-state index in [1.165, 1.54) is 0 Å². The molecule has 0 saturated carbocycles. The molecule has 0 unspecified atom stereocenters. The number of halogens is 1. The van der Waals surface area contributed by atoms with Crippen molar-refractivity contribution < 1.29 is 13.2 Å². The van der Waals surface area contributed by atoms with Gasteiger partial charge in [0.25, 0.3) is 0 Å². The van der Waals surface area contributed by atoms with Gasteiger partial charge in [0, 0.05) is 11.0 Å². The number of sulfonamides is 1. The van der Waals surface area contributed by atoms with Crippen LogP contribution in [0, 0.1) is 6.92 Å². The minimum Gasteiger partial charge on any atom is -0.379 e. The van der Waals surface area contributed by atoms with E-state index < -0.39 is 10.0 Å². The normalized spacial score (nSPS) is 11.5. The van der Waals surface area contributed by atoms with Crippen LogP contribution in [0.4, 0.5) is 5.69 Å². The molecule has 102 valence electrons. The van der Waals surface area contributed by atoms with Crippen molar-refractivity contribution in [2.45, 2.75) is 6.92 Å². The number of anilines is 1. The molecule has 5 nitrogen and oxygen atoms in total. The summed E-state index contributed by atoms with van der Waals surface area (Å²) in [4.78, 5) is 0. The van der Waals surface area contributed by atoms with Gasteiger partial charge in [-0.3, -0.25) is 4.72 Å². The van der Waals surface area contributed by atoms with Gasteiger partial charge in [0.2, 0.25) is 10.0 Å². The van der Waals surface area contributed by atoms with Crippen LogP contribution in [0.15, 0.2) is 22.7 Å². The minimum atomic E-state index is -3.39. The highest BCUT2D eigenvalue weighted by molar-refractivity contribution is 9.10. The van der Waals surface area contributed by atoms with Crippen molar-refractivity contribution in [2.24, 2.45) is 5.73 Å².